The number of ether oxygens (including phenoxy) is 2. The van der Waals surface area contributed by atoms with Gasteiger partial charge < -0.3 is 14.8 Å². The number of thioether (sulfide) groups is 1. The molecule has 1 N–H and O–H groups in total. The zero-order valence-electron chi connectivity index (χ0n) is 22.4. The number of esters is 1. The zero-order valence-corrected chi connectivity index (χ0v) is 24.8. The maximum atomic E-state index is 13.0. The summed E-state index contributed by atoms with van der Waals surface area (Å²) in [6.07, 6.45) is 1.73. The number of benzene rings is 2. The molecule has 2 heterocycles. The number of amides is 1. The molecule has 11 heteroatoms. The van der Waals surface area contributed by atoms with Crippen molar-refractivity contribution in [2.75, 3.05) is 17.7 Å². The van der Waals surface area contributed by atoms with Gasteiger partial charge in [0.05, 0.1) is 12.4 Å². The van der Waals surface area contributed by atoms with Crippen LogP contribution in [-0.4, -0.2) is 39.0 Å². The van der Waals surface area contributed by atoms with Gasteiger partial charge >= 0.3 is 5.97 Å². The predicted molar refractivity (Wildman–Crippen MR) is 161 cm³/mol. The first-order valence-corrected chi connectivity index (χ1v) is 14.8. The Kier molecular flexibility index (Phi) is 10.0. The van der Waals surface area contributed by atoms with E-state index >= 15 is 0 Å². The molecule has 0 aliphatic rings. The van der Waals surface area contributed by atoms with Crippen LogP contribution in [0.25, 0.3) is 11.1 Å². The SMILES string of the molecule is C=CCn1c(COc2cc(C)c(Cl)c(C)c2)nnc1SCC(=O)Nc1scc(-c2ccccc2)c1C(=O)OCC. The molecule has 0 atom stereocenters. The Morgan fingerprint density at radius 1 is 1.18 bits per heavy atom. The Hall–Kier alpha value is -3.60. The van der Waals surface area contributed by atoms with Gasteiger partial charge in [-0.1, -0.05) is 59.8 Å². The van der Waals surface area contributed by atoms with Crippen LogP contribution >= 0.6 is 34.7 Å². The van der Waals surface area contributed by atoms with Gasteiger partial charge in [0.1, 0.15) is 22.9 Å². The molecule has 0 radical (unpaired) electrons. The zero-order chi connectivity index (χ0) is 28.6. The Balaban J connectivity index is 1.45. The van der Waals surface area contributed by atoms with E-state index in [1.54, 1.807) is 13.0 Å². The lowest BCUT2D eigenvalue weighted by Gasteiger charge is -2.11. The lowest BCUT2D eigenvalue weighted by atomic mass is 10.0. The van der Waals surface area contributed by atoms with Crippen LogP contribution in [0.5, 0.6) is 5.75 Å². The number of rotatable bonds is 12. The third-order valence-electron chi connectivity index (χ3n) is 5.82. The molecule has 0 spiro atoms. The van der Waals surface area contributed by atoms with Gasteiger partial charge in [-0.05, 0) is 49.6 Å². The monoisotopic (exact) mass is 596 g/mol. The number of thiophene rings is 1. The lowest BCUT2D eigenvalue weighted by molar-refractivity contribution is -0.113. The van der Waals surface area contributed by atoms with E-state index in [1.165, 1.54) is 23.1 Å². The summed E-state index contributed by atoms with van der Waals surface area (Å²) in [4.78, 5) is 25.7. The van der Waals surface area contributed by atoms with Crippen molar-refractivity contribution in [1.29, 1.82) is 0 Å². The van der Waals surface area contributed by atoms with Crippen molar-refractivity contribution < 1.29 is 19.1 Å². The Morgan fingerprint density at radius 3 is 2.58 bits per heavy atom. The van der Waals surface area contributed by atoms with E-state index in [0.29, 0.717) is 44.4 Å². The molecule has 0 bridgehead atoms. The first-order valence-electron chi connectivity index (χ1n) is 12.5. The van der Waals surface area contributed by atoms with Crippen molar-refractivity contribution in [2.45, 2.75) is 39.1 Å². The lowest BCUT2D eigenvalue weighted by Crippen LogP contribution is -2.17. The van der Waals surface area contributed by atoms with E-state index in [4.69, 9.17) is 21.1 Å². The first kappa shape index (κ1) is 29.4. The number of aryl methyl sites for hydroxylation is 2. The van der Waals surface area contributed by atoms with Crippen LogP contribution in [0.3, 0.4) is 0 Å². The fourth-order valence-corrected chi connectivity index (χ4v) is 5.81. The second kappa shape index (κ2) is 13.6. The summed E-state index contributed by atoms with van der Waals surface area (Å²) in [5, 5.41) is 15.0. The van der Waals surface area contributed by atoms with Gasteiger partial charge in [0.25, 0.3) is 0 Å². The highest BCUT2D eigenvalue weighted by atomic mass is 35.5. The third kappa shape index (κ3) is 6.93. The highest BCUT2D eigenvalue weighted by Crippen LogP contribution is 2.36. The van der Waals surface area contributed by atoms with Crippen molar-refractivity contribution in [3.63, 3.8) is 0 Å². The fraction of sp³-hybridized carbons (Fsp3) is 0.241. The predicted octanol–water partition coefficient (Wildman–Crippen LogP) is 6.95. The number of hydrogen-bond donors (Lipinski definition) is 1. The summed E-state index contributed by atoms with van der Waals surface area (Å²) < 4.78 is 13.1. The van der Waals surface area contributed by atoms with Crippen LogP contribution < -0.4 is 10.1 Å². The molecule has 208 valence electrons. The van der Waals surface area contributed by atoms with Gasteiger partial charge in [0.2, 0.25) is 5.91 Å². The largest absolute Gasteiger partial charge is 0.486 e. The number of allylic oxidation sites excluding steroid dienone is 1. The van der Waals surface area contributed by atoms with Crippen LogP contribution in [0.1, 0.15) is 34.2 Å². The molecule has 2 aromatic heterocycles. The van der Waals surface area contributed by atoms with Gasteiger partial charge in [0, 0.05) is 22.5 Å². The van der Waals surface area contributed by atoms with Crippen LogP contribution in [0.4, 0.5) is 5.00 Å². The molecule has 4 rings (SSSR count). The fourth-order valence-electron chi connectivity index (χ4n) is 3.96. The highest BCUT2D eigenvalue weighted by Gasteiger charge is 2.23. The van der Waals surface area contributed by atoms with Crippen molar-refractivity contribution in [3.8, 4) is 16.9 Å². The van der Waals surface area contributed by atoms with Gasteiger partial charge in [-0.2, -0.15) is 0 Å². The Morgan fingerprint density at radius 2 is 1.90 bits per heavy atom. The average molecular weight is 597 g/mol. The minimum atomic E-state index is -0.480. The molecule has 2 aromatic carbocycles. The molecule has 1 amide bonds. The highest BCUT2D eigenvalue weighted by molar-refractivity contribution is 7.99. The van der Waals surface area contributed by atoms with Gasteiger partial charge in [0.15, 0.2) is 11.0 Å². The molecular formula is C29H29ClN4O4S2. The second-order valence-corrected chi connectivity index (χ2v) is 10.9. The summed E-state index contributed by atoms with van der Waals surface area (Å²) in [5.41, 5.74) is 3.79. The second-order valence-electron chi connectivity index (χ2n) is 8.73. The summed E-state index contributed by atoms with van der Waals surface area (Å²) in [5.74, 6) is 0.585. The summed E-state index contributed by atoms with van der Waals surface area (Å²) in [6.45, 7) is 10.3. The molecule has 0 aliphatic heterocycles. The third-order valence-corrected chi connectivity index (χ3v) is 8.28. The molecule has 0 fully saturated rings. The van der Waals surface area contributed by atoms with Gasteiger partial charge in [-0.3, -0.25) is 9.36 Å². The number of aromatic nitrogens is 3. The van der Waals surface area contributed by atoms with E-state index in [2.05, 4.69) is 22.1 Å². The smallest absolute Gasteiger partial charge is 0.341 e. The minimum absolute atomic E-state index is 0.0620. The molecular weight excluding hydrogens is 568 g/mol. The van der Waals surface area contributed by atoms with Crippen molar-refractivity contribution in [1.82, 2.24) is 14.8 Å². The normalized spacial score (nSPS) is 10.8. The summed E-state index contributed by atoms with van der Waals surface area (Å²) >= 11 is 8.79. The van der Waals surface area contributed by atoms with Crippen LogP contribution in [-0.2, 0) is 22.7 Å². The van der Waals surface area contributed by atoms with Crippen molar-refractivity contribution in [3.05, 3.63) is 88.0 Å². The number of anilines is 1. The number of nitrogens with zero attached hydrogens (tertiary/aromatic N) is 3. The number of halogens is 1. The Labute approximate surface area is 246 Å². The number of carbonyl (C=O) groups excluding carboxylic acids is 2. The quantitative estimate of drug-likeness (QED) is 0.107. The molecule has 0 unspecified atom stereocenters. The van der Waals surface area contributed by atoms with E-state index in [9.17, 15) is 9.59 Å². The summed E-state index contributed by atoms with van der Waals surface area (Å²) in [6, 6.07) is 13.3. The standard InChI is InChI=1S/C29H29ClN4O4S2/c1-5-12-34-23(15-38-21-13-18(3)26(30)19(4)14-21)32-33-29(34)40-17-24(35)31-27-25(28(36)37-6-2)22(16-39-27)20-10-8-7-9-11-20/h5,7-11,13-14,16H,1,6,12,15,17H2,2-4H3,(H,31,35). The topological polar surface area (TPSA) is 95.3 Å². The molecule has 8 nitrogen and oxygen atoms in total. The van der Waals surface area contributed by atoms with E-state index in [-0.39, 0.29) is 24.9 Å². The maximum Gasteiger partial charge on any atom is 0.341 e. The van der Waals surface area contributed by atoms with Crippen LogP contribution in [0, 0.1) is 13.8 Å². The molecule has 0 saturated heterocycles. The molecule has 40 heavy (non-hydrogen) atoms. The van der Waals surface area contributed by atoms with Crippen LogP contribution in [0.15, 0.2) is 65.7 Å². The number of carbonyl (C=O) groups is 2. The van der Waals surface area contributed by atoms with E-state index < -0.39 is 5.97 Å². The van der Waals surface area contributed by atoms with Gasteiger partial charge in [-0.15, -0.1) is 28.1 Å². The number of nitrogens with one attached hydrogen (secondary N) is 1. The number of hydrogen-bond acceptors (Lipinski definition) is 8. The van der Waals surface area contributed by atoms with Crippen LogP contribution in [0.2, 0.25) is 5.02 Å². The van der Waals surface area contributed by atoms with Gasteiger partial charge in [-0.25, -0.2) is 4.79 Å². The maximum absolute atomic E-state index is 13.0. The van der Waals surface area contributed by atoms with Crippen molar-refractivity contribution in [2.24, 2.45) is 0 Å². The Bertz CT molecular complexity index is 1490. The van der Waals surface area contributed by atoms with E-state index in [0.717, 1.165) is 16.7 Å². The first-order chi connectivity index (χ1) is 19.3. The molecule has 0 aliphatic carbocycles. The molecule has 4 aromatic rings. The minimum Gasteiger partial charge on any atom is -0.486 e. The van der Waals surface area contributed by atoms with Crippen molar-refractivity contribution >= 4 is 51.6 Å². The molecule has 0 saturated carbocycles. The average Bonchev–Trinajstić information content (AvgIpc) is 3.54. The van der Waals surface area contributed by atoms with E-state index in [1.807, 2.05) is 66.3 Å². The summed E-state index contributed by atoms with van der Waals surface area (Å²) in [7, 11) is 0.